The first-order valence-electron chi connectivity index (χ1n) is 4.39. The quantitative estimate of drug-likeness (QED) is 0.792. The first-order chi connectivity index (χ1) is 7.15. The van der Waals surface area contributed by atoms with E-state index in [1.807, 2.05) is 25.1 Å². The maximum Gasteiger partial charge on any atom is 0.130 e. The van der Waals surface area contributed by atoms with Gasteiger partial charge in [0.2, 0.25) is 0 Å². The zero-order chi connectivity index (χ0) is 11.0. The van der Waals surface area contributed by atoms with Gasteiger partial charge >= 0.3 is 0 Å². The van der Waals surface area contributed by atoms with Gasteiger partial charge in [0.15, 0.2) is 0 Å². The molecule has 0 fully saturated rings. The summed E-state index contributed by atoms with van der Waals surface area (Å²) in [5, 5.41) is 9.77. The second-order valence-corrected chi connectivity index (χ2v) is 4.36. The van der Waals surface area contributed by atoms with Crippen LogP contribution in [0.1, 0.15) is 4.88 Å². The molecule has 2 rings (SSSR count). The van der Waals surface area contributed by atoms with Crippen LogP contribution in [0.5, 0.6) is 0 Å². The number of thiophene rings is 1. The Hall–Kier alpha value is -1.80. The molecule has 0 spiro atoms. The van der Waals surface area contributed by atoms with Crippen molar-refractivity contribution < 1.29 is 0 Å². The van der Waals surface area contributed by atoms with E-state index >= 15 is 0 Å². The van der Waals surface area contributed by atoms with Crippen LogP contribution in [0.2, 0.25) is 0 Å². The Morgan fingerprint density at radius 2 is 2.27 bits per heavy atom. The highest BCUT2D eigenvalue weighted by Gasteiger charge is 2.14. The van der Waals surface area contributed by atoms with Gasteiger partial charge in [0.25, 0.3) is 0 Å². The standard InChI is InChI=1S/C10H10N4S/c1-14(2)6-3-4-13-10-8(6)9(12)7(5-11)15-10/h3-4H,12H2,1-2H3. The van der Waals surface area contributed by atoms with Crippen molar-refractivity contribution in [2.45, 2.75) is 0 Å². The lowest BCUT2D eigenvalue weighted by atomic mass is 10.2. The monoisotopic (exact) mass is 218 g/mol. The number of nitriles is 1. The summed E-state index contributed by atoms with van der Waals surface area (Å²) in [4.78, 5) is 7.53. The van der Waals surface area contributed by atoms with Gasteiger partial charge in [-0.3, -0.25) is 0 Å². The third kappa shape index (κ3) is 1.39. The highest BCUT2D eigenvalue weighted by atomic mass is 32.1. The smallest absolute Gasteiger partial charge is 0.130 e. The number of pyridine rings is 1. The van der Waals surface area contributed by atoms with Gasteiger partial charge in [-0.2, -0.15) is 5.26 Å². The zero-order valence-electron chi connectivity index (χ0n) is 8.48. The molecule has 0 aliphatic heterocycles. The molecule has 4 nitrogen and oxygen atoms in total. The third-order valence-electron chi connectivity index (χ3n) is 2.19. The Morgan fingerprint density at radius 1 is 1.53 bits per heavy atom. The van der Waals surface area contributed by atoms with Crippen molar-refractivity contribution in [3.05, 3.63) is 17.1 Å². The fourth-order valence-corrected chi connectivity index (χ4v) is 2.37. The van der Waals surface area contributed by atoms with Gasteiger partial charge in [-0.25, -0.2) is 4.98 Å². The number of hydrogen-bond acceptors (Lipinski definition) is 5. The molecular weight excluding hydrogens is 208 g/mol. The van der Waals surface area contributed by atoms with E-state index in [4.69, 9.17) is 11.0 Å². The maximum absolute atomic E-state index is 8.89. The first kappa shape index (κ1) is 9.74. The van der Waals surface area contributed by atoms with Gasteiger partial charge in [-0.15, -0.1) is 11.3 Å². The number of nitrogens with zero attached hydrogens (tertiary/aromatic N) is 3. The predicted molar refractivity (Wildman–Crippen MR) is 63.1 cm³/mol. The van der Waals surface area contributed by atoms with Crippen LogP contribution in [0.3, 0.4) is 0 Å². The molecule has 0 saturated heterocycles. The van der Waals surface area contributed by atoms with Crippen molar-refractivity contribution in [3.63, 3.8) is 0 Å². The van der Waals surface area contributed by atoms with Crippen molar-refractivity contribution in [2.75, 3.05) is 24.7 Å². The van der Waals surface area contributed by atoms with E-state index in [2.05, 4.69) is 11.1 Å². The molecule has 2 N–H and O–H groups in total. The van der Waals surface area contributed by atoms with Gasteiger partial charge < -0.3 is 10.6 Å². The van der Waals surface area contributed by atoms with Crippen LogP contribution in [-0.4, -0.2) is 19.1 Å². The number of anilines is 2. The van der Waals surface area contributed by atoms with E-state index in [-0.39, 0.29) is 0 Å². The van der Waals surface area contributed by atoms with E-state index in [1.54, 1.807) is 6.20 Å². The minimum Gasteiger partial charge on any atom is -0.396 e. The van der Waals surface area contributed by atoms with Gasteiger partial charge in [0, 0.05) is 20.3 Å². The van der Waals surface area contributed by atoms with Crippen molar-refractivity contribution in [1.82, 2.24) is 4.98 Å². The fraction of sp³-hybridized carbons (Fsp3) is 0.200. The van der Waals surface area contributed by atoms with Crippen LogP contribution in [0.4, 0.5) is 11.4 Å². The van der Waals surface area contributed by atoms with E-state index < -0.39 is 0 Å². The lowest BCUT2D eigenvalue weighted by Crippen LogP contribution is -2.09. The number of nitrogens with two attached hydrogens (primary N) is 1. The maximum atomic E-state index is 8.89. The van der Waals surface area contributed by atoms with Crippen molar-refractivity contribution >= 4 is 32.9 Å². The Balaban J connectivity index is 2.86. The molecule has 15 heavy (non-hydrogen) atoms. The van der Waals surface area contributed by atoms with Crippen LogP contribution >= 0.6 is 11.3 Å². The molecule has 0 aliphatic rings. The average molecular weight is 218 g/mol. The number of nitrogen functional groups attached to an aromatic ring is 1. The van der Waals surface area contributed by atoms with Crippen molar-refractivity contribution in [2.24, 2.45) is 0 Å². The summed E-state index contributed by atoms with van der Waals surface area (Å²) < 4.78 is 0. The first-order valence-corrected chi connectivity index (χ1v) is 5.21. The second-order valence-electron chi connectivity index (χ2n) is 3.36. The predicted octanol–water partition coefficient (Wildman–Crippen LogP) is 1.82. The minimum absolute atomic E-state index is 0.534. The topological polar surface area (TPSA) is 65.9 Å². The van der Waals surface area contributed by atoms with Gasteiger partial charge in [0.1, 0.15) is 15.8 Å². The summed E-state index contributed by atoms with van der Waals surface area (Å²) in [7, 11) is 3.88. The summed E-state index contributed by atoms with van der Waals surface area (Å²) in [5.41, 5.74) is 7.44. The van der Waals surface area contributed by atoms with Gasteiger partial charge in [-0.05, 0) is 6.07 Å². The molecule has 0 aromatic carbocycles. The lowest BCUT2D eigenvalue weighted by Gasteiger charge is -2.13. The molecule has 0 bridgehead atoms. The number of hydrogen-bond donors (Lipinski definition) is 1. The van der Waals surface area contributed by atoms with E-state index in [1.165, 1.54) is 11.3 Å². The highest BCUT2D eigenvalue weighted by molar-refractivity contribution is 7.20. The Labute approximate surface area is 91.6 Å². The summed E-state index contributed by atoms with van der Waals surface area (Å²) in [6.07, 6.45) is 1.73. The van der Waals surface area contributed by atoms with Crippen LogP contribution in [-0.2, 0) is 0 Å². The van der Waals surface area contributed by atoms with E-state index in [9.17, 15) is 0 Å². The van der Waals surface area contributed by atoms with Crippen LogP contribution in [0.15, 0.2) is 12.3 Å². The summed E-state index contributed by atoms with van der Waals surface area (Å²) in [6, 6.07) is 3.98. The minimum atomic E-state index is 0.534. The molecule has 0 aliphatic carbocycles. The zero-order valence-corrected chi connectivity index (χ0v) is 9.30. The molecule has 0 unspecified atom stereocenters. The lowest BCUT2D eigenvalue weighted by molar-refractivity contribution is 1.14. The number of fused-ring (bicyclic) bond motifs is 1. The number of aromatic nitrogens is 1. The molecule has 2 aromatic heterocycles. The molecule has 2 heterocycles. The van der Waals surface area contributed by atoms with Crippen LogP contribution in [0, 0.1) is 11.3 Å². The Kier molecular flexibility index (Phi) is 2.21. The molecular formula is C10H10N4S. The molecule has 5 heteroatoms. The molecule has 2 aromatic rings. The SMILES string of the molecule is CN(C)c1ccnc2sc(C#N)c(N)c12. The van der Waals surface area contributed by atoms with Crippen molar-refractivity contribution in [3.8, 4) is 6.07 Å². The van der Waals surface area contributed by atoms with Crippen LogP contribution in [0.25, 0.3) is 10.2 Å². The summed E-state index contributed by atoms with van der Waals surface area (Å²) in [5.74, 6) is 0. The molecule has 0 saturated carbocycles. The second kappa shape index (κ2) is 3.41. The van der Waals surface area contributed by atoms with E-state index in [0.717, 1.165) is 15.9 Å². The number of rotatable bonds is 1. The molecule has 0 atom stereocenters. The highest BCUT2D eigenvalue weighted by Crippen LogP contribution is 2.37. The van der Waals surface area contributed by atoms with Gasteiger partial charge in [0.05, 0.1) is 16.8 Å². The van der Waals surface area contributed by atoms with Crippen molar-refractivity contribution in [1.29, 1.82) is 5.26 Å². The largest absolute Gasteiger partial charge is 0.396 e. The fourth-order valence-electron chi connectivity index (χ4n) is 1.48. The average Bonchev–Trinajstić information content (AvgIpc) is 2.55. The Morgan fingerprint density at radius 3 is 2.87 bits per heavy atom. The third-order valence-corrected chi connectivity index (χ3v) is 3.21. The summed E-state index contributed by atoms with van der Waals surface area (Å²) >= 11 is 1.33. The molecule has 0 radical (unpaired) electrons. The van der Waals surface area contributed by atoms with Gasteiger partial charge in [-0.1, -0.05) is 0 Å². The summed E-state index contributed by atoms with van der Waals surface area (Å²) in [6.45, 7) is 0. The Bertz CT molecular complexity index is 550. The van der Waals surface area contributed by atoms with E-state index in [0.29, 0.717) is 10.6 Å². The molecule has 0 amide bonds. The van der Waals surface area contributed by atoms with Crippen LogP contribution < -0.4 is 10.6 Å². The normalized spacial score (nSPS) is 10.2. The molecule has 76 valence electrons.